The monoisotopic (exact) mass is 401 g/mol. The summed E-state index contributed by atoms with van der Waals surface area (Å²) in [4.78, 5) is 14.8. The Labute approximate surface area is 151 Å². The number of benzene rings is 1. The lowest BCUT2D eigenvalue weighted by Crippen LogP contribution is -2.48. The van der Waals surface area contributed by atoms with Gasteiger partial charge in [-0.25, -0.2) is 0 Å². The highest BCUT2D eigenvalue weighted by atomic mass is 79.9. The molecule has 4 rings (SSSR count). The summed E-state index contributed by atoms with van der Waals surface area (Å²) in [6, 6.07) is 10.1. The molecule has 3 aliphatic rings. The number of nitrogens with zero attached hydrogens (tertiary/aromatic N) is 1. The van der Waals surface area contributed by atoms with Crippen LogP contribution in [0.1, 0.15) is 24.3 Å². The minimum absolute atomic E-state index is 0. The Bertz CT molecular complexity index is 553. The van der Waals surface area contributed by atoms with Crippen molar-refractivity contribution in [3.05, 3.63) is 35.9 Å². The van der Waals surface area contributed by atoms with Gasteiger partial charge in [0.15, 0.2) is 0 Å². The summed E-state index contributed by atoms with van der Waals surface area (Å²) in [7, 11) is 2.13. The summed E-state index contributed by atoms with van der Waals surface area (Å²) in [5.41, 5.74) is 0.803. The molecule has 7 heteroatoms. The van der Waals surface area contributed by atoms with Crippen LogP contribution in [0.15, 0.2) is 30.3 Å². The predicted octanol–water partition coefficient (Wildman–Crippen LogP) is 0.671. The predicted molar refractivity (Wildman–Crippen MR) is 93.3 cm³/mol. The number of likely N-dealkylation sites (N-methyl/N-ethyl adjacent to an activating group) is 1. The molecule has 0 spiro atoms. The molecule has 4 unspecified atom stereocenters. The van der Waals surface area contributed by atoms with Crippen molar-refractivity contribution >= 4 is 23.0 Å². The molecule has 134 valence electrons. The summed E-state index contributed by atoms with van der Waals surface area (Å²) in [6.45, 7) is -0.226. The maximum absolute atomic E-state index is 12.4. The first-order chi connectivity index (χ1) is 10.7. The molecule has 1 aromatic rings. The molecular formula is C17H24BrNO5. The molecule has 0 aliphatic carbocycles. The van der Waals surface area contributed by atoms with Gasteiger partial charge in [0.1, 0.15) is 24.2 Å². The largest absolute Gasteiger partial charge is 0.462 e. The molecule has 24 heavy (non-hydrogen) atoms. The number of piperidine rings is 1. The lowest BCUT2D eigenvalue weighted by Gasteiger charge is -2.38. The topological polar surface area (TPSA) is 93.8 Å². The first kappa shape index (κ1) is 19.3. The van der Waals surface area contributed by atoms with Crippen molar-refractivity contribution in [2.75, 3.05) is 13.7 Å². The van der Waals surface area contributed by atoms with Crippen molar-refractivity contribution in [3.8, 4) is 0 Å². The van der Waals surface area contributed by atoms with Crippen molar-refractivity contribution in [2.24, 2.45) is 0 Å². The van der Waals surface area contributed by atoms with Gasteiger partial charge in [0.25, 0.3) is 0 Å². The summed E-state index contributed by atoms with van der Waals surface area (Å²) in [5.74, 6) is -0.915. The van der Waals surface area contributed by atoms with Crippen molar-refractivity contribution in [1.82, 2.24) is 4.90 Å². The fraction of sp³-hybridized carbons (Fsp3) is 0.588. The smallest absolute Gasteiger partial charge is 0.316 e. The Morgan fingerprint density at radius 1 is 1.29 bits per heavy atom. The standard InChI is InChI=1S/C17H21NO4.BrH.H2O/c1-18-13-7-11(8-14(18)16-15(13)22-16)21-17(20)12(9-19)10-5-3-2-4-6-10;;/h2-6,11-16,19H,7-9H2,1H3;1H;1H2/t11?,12-,13?,14?,15?,16?;;/m1../s1. The van der Waals surface area contributed by atoms with E-state index in [9.17, 15) is 9.90 Å². The normalized spacial score (nSPS) is 34.3. The number of hydrogen-bond donors (Lipinski definition) is 1. The highest BCUT2D eigenvalue weighted by Gasteiger charge is 2.62. The SMILES string of the molecule is Br.CN1C2CC(OC(=O)[C@H](CO)c3ccccc3)CC1C1OC12.O. The average Bonchev–Trinajstić information content (AvgIpc) is 3.27. The van der Waals surface area contributed by atoms with Gasteiger partial charge >= 0.3 is 5.97 Å². The quantitative estimate of drug-likeness (QED) is 0.590. The van der Waals surface area contributed by atoms with Gasteiger partial charge in [0.05, 0.1) is 6.61 Å². The molecule has 0 radical (unpaired) electrons. The minimum atomic E-state index is -0.593. The Kier molecular flexibility index (Phi) is 6.04. The number of aliphatic hydroxyl groups excluding tert-OH is 1. The molecule has 2 bridgehead atoms. The van der Waals surface area contributed by atoms with Crippen LogP contribution in [-0.2, 0) is 14.3 Å². The third-order valence-electron chi connectivity index (χ3n) is 5.33. The molecule has 0 saturated carbocycles. The number of rotatable bonds is 4. The first-order valence-corrected chi connectivity index (χ1v) is 7.92. The number of aliphatic hydroxyl groups is 1. The van der Waals surface area contributed by atoms with Gasteiger partial charge in [-0.3, -0.25) is 9.69 Å². The highest BCUT2D eigenvalue weighted by Crippen LogP contribution is 2.48. The molecule has 1 aromatic carbocycles. The van der Waals surface area contributed by atoms with Gasteiger partial charge < -0.3 is 20.1 Å². The first-order valence-electron chi connectivity index (χ1n) is 7.92. The van der Waals surface area contributed by atoms with Gasteiger partial charge in [0, 0.05) is 24.9 Å². The van der Waals surface area contributed by atoms with Gasteiger partial charge in [-0.15, -0.1) is 17.0 Å². The Balaban J connectivity index is 0.00000104. The molecule has 0 amide bonds. The summed E-state index contributed by atoms with van der Waals surface area (Å²) >= 11 is 0. The van der Waals surface area contributed by atoms with Crippen LogP contribution in [0.3, 0.4) is 0 Å². The molecule has 5 atom stereocenters. The Morgan fingerprint density at radius 3 is 2.42 bits per heavy atom. The number of hydrogen-bond acceptors (Lipinski definition) is 5. The van der Waals surface area contributed by atoms with E-state index in [4.69, 9.17) is 9.47 Å². The van der Waals surface area contributed by atoms with E-state index in [1.54, 1.807) is 0 Å². The number of carbonyl (C=O) groups excluding carboxylic acids is 1. The van der Waals surface area contributed by atoms with Crippen LogP contribution in [0.4, 0.5) is 0 Å². The molecule has 6 nitrogen and oxygen atoms in total. The maximum Gasteiger partial charge on any atom is 0.316 e. The Hall–Kier alpha value is -0.990. The minimum Gasteiger partial charge on any atom is -0.462 e. The second kappa shape index (κ2) is 7.49. The zero-order valence-corrected chi connectivity index (χ0v) is 15.2. The second-order valence-electron chi connectivity index (χ2n) is 6.54. The summed E-state index contributed by atoms with van der Waals surface area (Å²) in [5, 5.41) is 9.56. The highest BCUT2D eigenvalue weighted by molar-refractivity contribution is 8.93. The zero-order valence-electron chi connectivity index (χ0n) is 13.5. The van der Waals surface area contributed by atoms with E-state index in [1.807, 2.05) is 30.3 Å². The van der Waals surface area contributed by atoms with E-state index < -0.39 is 5.92 Å². The molecule has 3 saturated heterocycles. The maximum atomic E-state index is 12.4. The third kappa shape index (κ3) is 3.23. The summed E-state index contributed by atoms with van der Waals surface area (Å²) in [6.07, 6.45) is 2.26. The lowest BCUT2D eigenvalue weighted by molar-refractivity contribution is -0.156. The Morgan fingerprint density at radius 2 is 1.88 bits per heavy atom. The van der Waals surface area contributed by atoms with E-state index in [1.165, 1.54) is 0 Å². The molecule has 3 aliphatic heterocycles. The number of esters is 1. The fourth-order valence-corrected chi connectivity index (χ4v) is 4.04. The zero-order chi connectivity index (χ0) is 15.3. The molecular weight excluding hydrogens is 378 g/mol. The van der Waals surface area contributed by atoms with E-state index in [-0.39, 0.29) is 41.1 Å². The van der Waals surface area contributed by atoms with Crippen LogP contribution in [0.25, 0.3) is 0 Å². The van der Waals surface area contributed by atoms with Gasteiger partial charge in [-0.2, -0.15) is 0 Å². The van der Waals surface area contributed by atoms with Crippen molar-refractivity contribution in [3.63, 3.8) is 0 Å². The number of ether oxygens (including phenoxy) is 2. The van der Waals surface area contributed by atoms with Crippen LogP contribution < -0.4 is 0 Å². The molecule has 3 fully saturated rings. The lowest BCUT2D eigenvalue weighted by atomic mass is 9.97. The number of carbonyl (C=O) groups is 1. The molecule has 3 heterocycles. The summed E-state index contributed by atoms with van der Waals surface area (Å²) < 4.78 is 11.4. The average molecular weight is 402 g/mol. The number of morpholine rings is 1. The van der Waals surface area contributed by atoms with Gasteiger partial charge in [-0.05, 0) is 12.6 Å². The van der Waals surface area contributed by atoms with Crippen LogP contribution in [-0.4, -0.2) is 65.5 Å². The van der Waals surface area contributed by atoms with E-state index >= 15 is 0 Å². The van der Waals surface area contributed by atoms with Gasteiger partial charge in [-0.1, -0.05) is 30.3 Å². The number of halogens is 1. The molecule has 0 aromatic heterocycles. The van der Waals surface area contributed by atoms with Crippen LogP contribution in [0.5, 0.6) is 0 Å². The van der Waals surface area contributed by atoms with Crippen molar-refractivity contribution < 1.29 is 24.9 Å². The second-order valence-corrected chi connectivity index (χ2v) is 6.54. The van der Waals surface area contributed by atoms with Crippen molar-refractivity contribution in [2.45, 2.75) is 49.2 Å². The third-order valence-corrected chi connectivity index (χ3v) is 5.33. The van der Waals surface area contributed by atoms with Crippen LogP contribution in [0.2, 0.25) is 0 Å². The fourth-order valence-electron chi connectivity index (χ4n) is 4.04. The van der Waals surface area contributed by atoms with E-state index in [0.29, 0.717) is 24.3 Å². The van der Waals surface area contributed by atoms with Gasteiger partial charge in [0.2, 0.25) is 0 Å². The van der Waals surface area contributed by atoms with Crippen LogP contribution in [0, 0.1) is 0 Å². The van der Waals surface area contributed by atoms with Crippen molar-refractivity contribution in [1.29, 1.82) is 0 Å². The molecule has 3 N–H and O–H groups in total. The van der Waals surface area contributed by atoms with E-state index in [0.717, 1.165) is 18.4 Å². The van der Waals surface area contributed by atoms with E-state index in [2.05, 4.69) is 11.9 Å². The van der Waals surface area contributed by atoms with Crippen LogP contribution >= 0.6 is 17.0 Å². The number of epoxide rings is 1. The number of fused-ring (bicyclic) bond motifs is 5.